The standard InChI is InChI=1S/C10H10BrNO4/c1-3-16-10(13)7-4-5-8(12(14)15)6(2)9(7)11/h4-5H,3H2,1-2H3. The number of nitrogens with zero attached hydrogens (tertiary/aromatic N) is 1. The van der Waals surface area contributed by atoms with E-state index in [1.54, 1.807) is 13.8 Å². The number of nitro benzene ring substituents is 1. The summed E-state index contributed by atoms with van der Waals surface area (Å²) in [5.41, 5.74) is 0.681. The summed E-state index contributed by atoms with van der Waals surface area (Å²) in [6.45, 7) is 3.54. The van der Waals surface area contributed by atoms with Gasteiger partial charge in [0.15, 0.2) is 0 Å². The molecular weight excluding hydrogens is 278 g/mol. The number of halogens is 1. The van der Waals surface area contributed by atoms with E-state index >= 15 is 0 Å². The predicted molar refractivity (Wildman–Crippen MR) is 61.5 cm³/mol. The van der Waals surface area contributed by atoms with Crippen molar-refractivity contribution >= 4 is 27.6 Å². The SMILES string of the molecule is CCOC(=O)c1ccc([N+](=O)[O-])c(C)c1Br. The van der Waals surface area contributed by atoms with Crippen LogP contribution in [0.25, 0.3) is 0 Å². The van der Waals surface area contributed by atoms with E-state index in [-0.39, 0.29) is 12.3 Å². The fourth-order valence-electron chi connectivity index (χ4n) is 1.24. The summed E-state index contributed by atoms with van der Waals surface area (Å²) in [7, 11) is 0. The first-order chi connectivity index (χ1) is 7.49. The number of hydrogen-bond donors (Lipinski definition) is 0. The van der Waals surface area contributed by atoms with Crippen LogP contribution in [-0.4, -0.2) is 17.5 Å². The molecule has 1 aromatic carbocycles. The minimum atomic E-state index is -0.493. The van der Waals surface area contributed by atoms with Crippen LogP contribution >= 0.6 is 15.9 Å². The molecule has 0 saturated carbocycles. The topological polar surface area (TPSA) is 69.4 Å². The molecule has 0 aliphatic carbocycles. The predicted octanol–water partition coefficient (Wildman–Crippen LogP) is 2.84. The van der Waals surface area contributed by atoms with Crippen LogP contribution in [0.15, 0.2) is 16.6 Å². The van der Waals surface area contributed by atoms with Crippen LogP contribution in [0.1, 0.15) is 22.8 Å². The molecule has 0 aromatic heterocycles. The van der Waals surface area contributed by atoms with Crippen LogP contribution < -0.4 is 0 Å². The maximum atomic E-state index is 11.5. The summed E-state index contributed by atoms with van der Waals surface area (Å²) in [5, 5.41) is 10.6. The Balaban J connectivity index is 3.21. The molecule has 0 spiro atoms. The van der Waals surface area contributed by atoms with Crippen molar-refractivity contribution in [2.24, 2.45) is 0 Å². The molecule has 0 amide bonds. The fourth-order valence-corrected chi connectivity index (χ4v) is 1.74. The highest BCUT2D eigenvalue weighted by Crippen LogP contribution is 2.29. The summed E-state index contributed by atoms with van der Waals surface area (Å²) in [5.74, 6) is -0.493. The largest absolute Gasteiger partial charge is 0.462 e. The number of carbonyl (C=O) groups excluding carboxylic acids is 1. The van der Waals surface area contributed by atoms with E-state index in [0.29, 0.717) is 15.6 Å². The van der Waals surface area contributed by atoms with Gasteiger partial charge >= 0.3 is 5.97 Å². The molecule has 0 unspecified atom stereocenters. The van der Waals surface area contributed by atoms with Crippen LogP contribution in [0.3, 0.4) is 0 Å². The lowest BCUT2D eigenvalue weighted by Crippen LogP contribution is -2.07. The van der Waals surface area contributed by atoms with Gasteiger partial charge < -0.3 is 4.74 Å². The van der Waals surface area contributed by atoms with E-state index in [2.05, 4.69) is 15.9 Å². The zero-order valence-electron chi connectivity index (χ0n) is 8.82. The molecule has 0 bridgehead atoms. The van der Waals surface area contributed by atoms with E-state index < -0.39 is 10.9 Å². The van der Waals surface area contributed by atoms with Crippen LogP contribution in [0, 0.1) is 17.0 Å². The van der Waals surface area contributed by atoms with Crippen molar-refractivity contribution in [1.29, 1.82) is 0 Å². The van der Waals surface area contributed by atoms with Gasteiger partial charge in [-0.1, -0.05) is 0 Å². The molecule has 16 heavy (non-hydrogen) atoms. The maximum Gasteiger partial charge on any atom is 0.339 e. The molecule has 1 aromatic rings. The average Bonchev–Trinajstić information content (AvgIpc) is 2.21. The third kappa shape index (κ3) is 2.38. The molecule has 0 radical (unpaired) electrons. The van der Waals surface area contributed by atoms with Crippen molar-refractivity contribution in [3.63, 3.8) is 0 Å². The Morgan fingerprint density at radius 3 is 2.69 bits per heavy atom. The molecule has 86 valence electrons. The Bertz CT molecular complexity index is 445. The van der Waals surface area contributed by atoms with Crippen LogP contribution in [-0.2, 0) is 4.74 Å². The summed E-state index contributed by atoms with van der Waals surface area (Å²) >= 11 is 3.16. The van der Waals surface area contributed by atoms with Gasteiger partial charge in [-0.2, -0.15) is 0 Å². The molecule has 0 atom stereocenters. The molecule has 0 heterocycles. The van der Waals surface area contributed by atoms with E-state index in [4.69, 9.17) is 4.74 Å². The lowest BCUT2D eigenvalue weighted by molar-refractivity contribution is -0.385. The summed E-state index contributed by atoms with van der Waals surface area (Å²) in [6, 6.07) is 2.68. The van der Waals surface area contributed by atoms with Crippen molar-refractivity contribution in [2.45, 2.75) is 13.8 Å². The van der Waals surface area contributed by atoms with Gasteiger partial charge in [0.25, 0.3) is 5.69 Å². The molecule has 5 nitrogen and oxygen atoms in total. The second-order valence-electron chi connectivity index (χ2n) is 3.05. The maximum absolute atomic E-state index is 11.5. The first-order valence-corrected chi connectivity index (χ1v) is 5.39. The summed E-state index contributed by atoms with van der Waals surface area (Å²) in [4.78, 5) is 21.6. The van der Waals surface area contributed by atoms with Gasteiger partial charge in [-0.15, -0.1) is 0 Å². The van der Waals surface area contributed by atoms with Gasteiger partial charge in [0.1, 0.15) is 0 Å². The molecule has 6 heteroatoms. The van der Waals surface area contributed by atoms with Crippen molar-refractivity contribution in [3.8, 4) is 0 Å². The highest BCUT2D eigenvalue weighted by molar-refractivity contribution is 9.10. The number of rotatable bonds is 3. The lowest BCUT2D eigenvalue weighted by atomic mass is 10.1. The molecule has 1 rings (SSSR count). The van der Waals surface area contributed by atoms with Crippen LogP contribution in [0.5, 0.6) is 0 Å². The Hall–Kier alpha value is -1.43. The third-order valence-electron chi connectivity index (χ3n) is 2.05. The van der Waals surface area contributed by atoms with E-state index in [0.717, 1.165) is 0 Å². The number of ether oxygens (including phenoxy) is 1. The van der Waals surface area contributed by atoms with E-state index in [9.17, 15) is 14.9 Å². The summed E-state index contributed by atoms with van der Waals surface area (Å²) < 4.78 is 5.23. The fraction of sp³-hybridized carbons (Fsp3) is 0.300. The molecule has 0 aliphatic rings. The van der Waals surface area contributed by atoms with Crippen molar-refractivity contribution in [1.82, 2.24) is 0 Å². The number of hydrogen-bond acceptors (Lipinski definition) is 4. The normalized spacial score (nSPS) is 9.94. The zero-order chi connectivity index (χ0) is 12.3. The number of esters is 1. The third-order valence-corrected chi connectivity index (χ3v) is 3.07. The van der Waals surface area contributed by atoms with Crippen molar-refractivity contribution in [2.75, 3.05) is 6.61 Å². The first kappa shape index (κ1) is 12.6. The second kappa shape index (κ2) is 5.07. The molecule has 0 fully saturated rings. The van der Waals surface area contributed by atoms with Gasteiger partial charge in [0, 0.05) is 16.1 Å². The Kier molecular flexibility index (Phi) is 4.00. The lowest BCUT2D eigenvalue weighted by Gasteiger charge is -2.06. The number of benzene rings is 1. The molecule has 0 saturated heterocycles. The van der Waals surface area contributed by atoms with E-state index in [1.165, 1.54) is 12.1 Å². The van der Waals surface area contributed by atoms with Gasteiger partial charge in [-0.25, -0.2) is 4.79 Å². The van der Waals surface area contributed by atoms with Gasteiger partial charge in [-0.3, -0.25) is 10.1 Å². The average molecular weight is 288 g/mol. The highest BCUT2D eigenvalue weighted by atomic mass is 79.9. The Morgan fingerprint density at radius 2 is 2.19 bits per heavy atom. The first-order valence-electron chi connectivity index (χ1n) is 4.59. The smallest absolute Gasteiger partial charge is 0.339 e. The monoisotopic (exact) mass is 287 g/mol. The Morgan fingerprint density at radius 1 is 1.56 bits per heavy atom. The molecule has 0 aliphatic heterocycles. The number of nitro groups is 1. The second-order valence-corrected chi connectivity index (χ2v) is 3.84. The van der Waals surface area contributed by atoms with E-state index in [1.807, 2.05) is 0 Å². The molecular formula is C10H10BrNO4. The molecule has 0 N–H and O–H groups in total. The minimum absolute atomic E-state index is 0.0278. The van der Waals surface area contributed by atoms with Gasteiger partial charge in [-0.05, 0) is 35.8 Å². The van der Waals surface area contributed by atoms with Crippen molar-refractivity contribution in [3.05, 3.63) is 37.8 Å². The zero-order valence-corrected chi connectivity index (χ0v) is 10.4. The van der Waals surface area contributed by atoms with Crippen molar-refractivity contribution < 1.29 is 14.5 Å². The quantitative estimate of drug-likeness (QED) is 0.487. The Labute approximate surface area is 101 Å². The van der Waals surface area contributed by atoms with Crippen LogP contribution in [0.2, 0.25) is 0 Å². The number of carbonyl (C=O) groups is 1. The highest BCUT2D eigenvalue weighted by Gasteiger charge is 2.19. The van der Waals surface area contributed by atoms with Crippen LogP contribution in [0.4, 0.5) is 5.69 Å². The van der Waals surface area contributed by atoms with Gasteiger partial charge in [0.05, 0.1) is 17.1 Å². The summed E-state index contributed by atoms with van der Waals surface area (Å²) in [6.07, 6.45) is 0. The minimum Gasteiger partial charge on any atom is -0.462 e. The van der Waals surface area contributed by atoms with Gasteiger partial charge in [0.2, 0.25) is 0 Å².